The maximum atomic E-state index is 13.2. The minimum Gasteiger partial charge on any atom is -0.466 e. The van der Waals surface area contributed by atoms with E-state index in [-0.39, 0.29) is 11.9 Å². The average Bonchev–Trinajstić information content (AvgIpc) is 2.72. The maximum Gasteiger partial charge on any atom is 0.141 e. The molecule has 2 aromatic rings. The standard InChI is InChI=1S/C12H12BrFN2O/c1-2-16-11(12-10(13)3-4-17-12)8-5-9(14)7-15-6-8/h3-7,11,16H,2H2,1H3. The zero-order valence-corrected chi connectivity index (χ0v) is 10.9. The fourth-order valence-corrected chi connectivity index (χ4v) is 2.09. The number of hydrogen-bond donors (Lipinski definition) is 1. The van der Waals surface area contributed by atoms with Crippen LogP contribution >= 0.6 is 15.9 Å². The van der Waals surface area contributed by atoms with Crippen LogP contribution in [-0.2, 0) is 0 Å². The maximum absolute atomic E-state index is 13.2. The van der Waals surface area contributed by atoms with Gasteiger partial charge in [0.05, 0.1) is 23.0 Å². The van der Waals surface area contributed by atoms with Crippen LogP contribution in [-0.4, -0.2) is 11.5 Å². The Morgan fingerprint density at radius 2 is 2.35 bits per heavy atom. The highest BCUT2D eigenvalue weighted by atomic mass is 79.9. The normalized spacial score (nSPS) is 12.6. The molecule has 2 aromatic heterocycles. The van der Waals surface area contributed by atoms with Crippen molar-refractivity contribution in [3.8, 4) is 0 Å². The number of nitrogens with one attached hydrogen (secondary N) is 1. The van der Waals surface area contributed by atoms with Gasteiger partial charge in [0.1, 0.15) is 11.6 Å². The molecule has 0 aliphatic carbocycles. The molecule has 2 rings (SSSR count). The van der Waals surface area contributed by atoms with Crippen molar-refractivity contribution in [3.63, 3.8) is 0 Å². The van der Waals surface area contributed by atoms with E-state index in [9.17, 15) is 4.39 Å². The summed E-state index contributed by atoms with van der Waals surface area (Å²) in [4.78, 5) is 3.85. The molecular formula is C12H12BrFN2O. The summed E-state index contributed by atoms with van der Waals surface area (Å²) in [5.41, 5.74) is 0.738. The molecule has 0 saturated carbocycles. The van der Waals surface area contributed by atoms with E-state index in [1.54, 1.807) is 12.5 Å². The Bertz CT molecular complexity index is 501. The van der Waals surface area contributed by atoms with Gasteiger partial charge < -0.3 is 9.73 Å². The molecule has 0 aliphatic rings. The Kier molecular flexibility index (Phi) is 3.91. The van der Waals surface area contributed by atoms with Crippen LogP contribution in [0.2, 0.25) is 0 Å². The number of pyridine rings is 1. The molecular weight excluding hydrogens is 287 g/mol. The molecule has 1 unspecified atom stereocenters. The van der Waals surface area contributed by atoms with Crippen molar-refractivity contribution in [1.82, 2.24) is 10.3 Å². The SMILES string of the molecule is CCNC(c1cncc(F)c1)c1occc1Br. The lowest BCUT2D eigenvalue weighted by molar-refractivity contribution is 0.448. The summed E-state index contributed by atoms with van der Waals surface area (Å²) in [6.07, 6.45) is 4.41. The molecule has 1 N–H and O–H groups in total. The second-order valence-corrected chi connectivity index (χ2v) is 4.41. The van der Waals surface area contributed by atoms with Gasteiger partial charge in [-0.05, 0) is 40.2 Å². The minimum absolute atomic E-state index is 0.201. The van der Waals surface area contributed by atoms with E-state index >= 15 is 0 Å². The third kappa shape index (κ3) is 2.73. The molecule has 1 atom stereocenters. The minimum atomic E-state index is -0.354. The van der Waals surface area contributed by atoms with Crippen LogP contribution in [0.25, 0.3) is 0 Å². The van der Waals surface area contributed by atoms with Gasteiger partial charge >= 0.3 is 0 Å². The van der Waals surface area contributed by atoms with E-state index in [1.165, 1.54) is 12.3 Å². The zero-order chi connectivity index (χ0) is 12.3. The first kappa shape index (κ1) is 12.3. The lowest BCUT2D eigenvalue weighted by Gasteiger charge is -2.16. The zero-order valence-electron chi connectivity index (χ0n) is 9.28. The molecule has 0 bridgehead atoms. The second kappa shape index (κ2) is 5.42. The lowest BCUT2D eigenvalue weighted by atomic mass is 10.1. The first-order valence-corrected chi connectivity index (χ1v) is 6.08. The molecule has 17 heavy (non-hydrogen) atoms. The summed E-state index contributed by atoms with van der Waals surface area (Å²) < 4.78 is 19.4. The van der Waals surface area contributed by atoms with Crippen LogP contribution in [0, 0.1) is 5.82 Å². The molecule has 5 heteroatoms. The van der Waals surface area contributed by atoms with E-state index < -0.39 is 0 Å². The quantitative estimate of drug-likeness (QED) is 0.941. The van der Waals surface area contributed by atoms with Gasteiger partial charge in [0.25, 0.3) is 0 Å². The van der Waals surface area contributed by atoms with Gasteiger partial charge in [0, 0.05) is 6.20 Å². The fourth-order valence-electron chi connectivity index (χ4n) is 1.66. The van der Waals surface area contributed by atoms with Crippen molar-refractivity contribution in [3.05, 3.63) is 52.4 Å². The fraction of sp³-hybridized carbons (Fsp3) is 0.250. The van der Waals surface area contributed by atoms with Crippen molar-refractivity contribution in [2.24, 2.45) is 0 Å². The van der Waals surface area contributed by atoms with Crippen LogP contribution in [0.5, 0.6) is 0 Å². The van der Waals surface area contributed by atoms with Crippen molar-refractivity contribution in [2.45, 2.75) is 13.0 Å². The highest BCUT2D eigenvalue weighted by Crippen LogP contribution is 2.29. The number of aromatic nitrogens is 1. The molecule has 0 radical (unpaired) electrons. The number of furan rings is 1. The molecule has 0 spiro atoms. The number of rotatable bonds is 4. The van der Waals surface area contributed by atoms with Gasteiger partial charge in [-0.3, -0.25) is 4.98 Å². The predicted octanol–water partition coefficient (Wildman–Crippen LogP) is 3.28. The summed E-state index contributed by atoms with van der Waals surface area (Å²) in [7, 11) is 0. The van der Waals surface area contributed by atoms with Crippen molar-refractivity contribution in [1.29, 1.82) is 0 Å². The van der Waals surface area contributed by atoms with Gasteiger partial charge in [-0.2, -0.15) is 0 Å². The van der Waals surface area contributed by atoms with Crippen LogP contribution in [0.1, 0.15) is 24.3 Å². The summed E-state index contributed by atoms with van der Waals surface area (Å²) in [6.45, 7) is 2.73. The summed E-state index contributed by atoms with van der Waals surface area (Å²) in [5.74, 6) is 0.368. The van der Waals surface area contributed by atoms with E-state index in [4.69, 9.17) is 4.42 Å². The first-order chi connectivity index (χ1) is 8.22. The van der Waals surface area contributed by atoms with Crippen molar-refractivity contribution >= 4 is 15.9 Å². The molecule has 3 nitrogen and oxygen atoms in total. The van der Waals surface area contributed by atoms with Crippen LogP contribution in [0.15, 0.2) is 39.7 Å². The lowest BCUT2D eigenvalue weighted by Crippen LogP contribution is -2.22. The van der Waals surface area contributed by atoms with Crippen LogP contribution in [0.4, 0.5) is 4.39 Å². The highest BCUT2D eigenvalue weighted by molar-refractivity contribution is 9.10. The van der Waals surface area contributed by atoms with E-state index in [2.05, 4.69) is 26.2 Å². The summed E-state index contributed by atoms with van der Waals surface area (Å²) in [5, 5.41) is 3.24. The number of hydrogen-bond acceptors (Lipinski definition) is 3. The van der Waals surface area contributed by atoms with Gasteiger partial charge in [-0.15, -0.1) is 0 Å². The monoisotopic (exact) mass is 298 g/mol. The van der Waals surface area contributed by atoms with E-state index in [0.29, 0.717) is 0 Å². The predicted molar refractivity (Wildman–Crippen MR) is 66.1 cm³/mol. The molecule has 2 heterocycles. The highest BCUT2D eigenvalue weighted by Gasteiger charge is 2.19. The number of halogens is 2. The van der Waals surface area contributed by atoms with Crippen LogP contribution < -0.4 is 5.32 Å². The molecule has 0 amide bonds. The molecule has 0 fully saturated rings. The average molecular weight is 299 g/mol. The molecule has 0 aromatic carbocycles. The van der Waals surface area contributed by atoms with Crippen molar-refractivity contribution < 1.29 is 8.81 Å². The smallest absolute Gasteiger partial charge is 0.141 e. The van der Waals surface area contributed by atoms with Gasteiger partial charge in [-0.25, -0.2) is 4.39 Å². The Labute approximate surface area is 107 Å². The van der Waals surface area contributed by atoms with Crippen molar-refractivity contribution in [2.75, 3.05) is 6.54 Å². The van der Waals surface area contributed by atoms with Gasteiger partial charge in [0.2, 0.25) is 0 Å². The third-order valence-electron chi connectivity index (χ3n) is 2.37. The third-order valence-corrected chi connectivity index (χ3v) is 3.03. The summed E-state index contributed by atoms with van der Waals surface area (Å²) >= 11 is 3.40. The summed E-state index contributed by atoms with van der Waals surface area (Å²) in [6, 6.07) is 3.06. The largest absolute Gasteiger partial charge is 0.466 e. The van der Waals surface area contributed by atoms with Gasteiger partial charge in [-0.1, -0.05) is 6.92 Å². The Morgan fingerprint density at radius 3 is 2.94 bits per heavy atom. The van der Waals surface area contributed by atoms with E-state index in [0.717, 1.165) is 22.3 Å². The Morgan fingerprint density at radius 1 is 1.53 bits per heavy atom. The van der Waals surface area contributed by atoms with Gasteiger partial charge in [0.15, 0.2) is 0 Å². The topological polar surface area (TPSA) is 38.1 Å². The molecule has 0 aliphatic heterocycles. The van der Waals surface area contributed by atoms with Crippen LogP contribution in [0.3, 0.4) is 0 Å². The molecule has 90 valence electrons. The second-order valence-electron chi connectivity index (χ2n) is 3.56. The molecule has 0 saturated heterocycles. The number of nitrogens with zero attached hydrogens (tertiary/aromatic N) is 1. The Balaban J connectivity index is 2.39. The Hall–Kier alpha value is -1.20. The first-order valence-electron chi connectivity index (χ1n) is 5.29. The van der Waals surface area contributed by atoms with E-state index in [1.807, 2.05) is 13.0 Å².